The number of methoxy groups -OCH3 is 1. The monoisotopic (exact) mass is 540 g/mol. The Kier molecular flexibility index (Phi) is 11.3. The fourth-order valence-corrected chi connectivity index (χ4v) is 3.53. The molecule has 0 aliphatic heterocycles. The fourth-order valence-electron chi connectivity index (χ4n) is 2.89. The van der Waals surface area contributed by atoms with Crippen LogP contribution >= 0.6 is 23.2 Å². The number of benzene rings is 2. The Morgan fingerprint density at radius 1 is 0.944 bits per heavy atom. The molecule has 2 aromatic carbocycles. The molecule has 2 rings (SSSR count). The second-order valence-electron chi connectivity index (χ2n) is 8.53. The topological polar surface area (TPSA) is 112 Å². The van der Waals surface area contributed by atoms with E-state index in [1.807, 2.05) is 6.07 Å². The molecule has 0 radical (unpaired) electrons. The van der Waals surface area contributed by atoms with Gasteiger partial charge in [0.25, 0.3) is 5.91 Å². The third-order valence-electron chi connectivity index (χ3n) is 4.46. The van der Waals surface area contributed by atoms with E-state index in [1.54, 1.807) is 39.0 Å². The summed E-state index contributed by atoms with van der Waals surface area (Å²) in [6.07, 6.45) is -0.490. The van der Waals surface area contributed by atoms with Gasteiger partial charge in [0.1, 0.15) is 18.0 Å². The van der Waals surface area contributed by atoms with Crippen LogP contribution in [0, 0.1) is 0 Å². The van der Waals surface area contributed by atoms with E-state index in [-0.39, 0.29) is 27.7 Å². The summed E-state index contributed by atoms with van der Waals surface area (Å²) in [5, 5.41) is 5.44. The molecule has 196 valence electrons. The molecule has 2 aromatic rings. The molecule has 0 unspecified atom stereocenters. The highest BCUT2D eigenvalue weighted by atomic mass is 35.5. The van der Waals surface area contributed by atoms with Crippen LogP contribution in [0.25, 0.3) is 0 Å². The van der Waals surface area contributed by atoms with Crippen molar-refractivity contribution in [3.05, 3.63) is 63.1 Å². The summed E-state index contributed by atoms with van der Waals surface area (Å²) in [6, 6.07) is 9.95. The van der Waals surface area contributed by atoms with Crippen molar-refractivity contribution in [1.29, 1.82) is 0 Å². The van der Waals surface area contributed by atoms with Gasteiger partial charge in [-0.15, -0.1) is 0 Å². The molecule has 0 spiro atoms. The van der Waals surface area contributed by atoms with Gasteiger partial charge in [-0.1, -0.05) is 35.3 Å². The summed E-state index contributed by atoms with van der Waals surface area (Å²) in [7, 11) is 1.22. The van der Waals surface area contributed by atoms with Crippen LogP contribution in [0.3, 0.4) is 0 Å². The normalized spacial score (nSPS) is 10.9. The van der Waals surface area contributed by atoms with E-state index >= 15 is 0 Å². The molecular weight excluding hydrogens is 511 g/mol. The lowest BCUT2D eigenvalue weighted by Gasteiger charge is -2.19. The summed E-state index contributed by atoms with van der Waals surface area (Å²) in [5.41, 5.74) is 0.482. The van der Waals surface area contributed by atoms with Gasteiger partial charge >= 0.3 is 12.1 Å². The van der Waals surface area contributed by atoms with Gasteiger partial charge in [-0.2, -0.15) is 0 Å². The first-order chi connectivity index (χ1) is 17.0. The quantitative estimate of drug-likeness (QED) is 0.315. The molecule has 0 aliphatic rings. The van der Waals surface area contributed by atoms with Gasteiger partial charge in [-0.25, -0.2) is 9.59 Å². The fraction of sp³-hybridized carbons (Fsp3) is 0.400. The van der Waals surface area contributed by atoms with Crippen LogP contribution in [-0.2, 0) is 20.8 Å². The number of amides is 2. The number of hydrogen-bond donors (Lipinski definition) is 2. The zero-order chi connectivity index (χ0) is 26.7. The maximum atomic E-state index is 12.5. The summed E-state index contributed by atoms with van der Waals surface area (Å²) in [4.78, 5) is 35.8. The molecule has 36 heavy (non-hydrogen) atoms. The van der Waals surface area contributed by atoms with E-state index < -0.39 is 23.6 Å². The minimum Gasteiger partial charge on any atom is -0.491 e. The molecule has 2 amide bonds. The molecule has 0 saturated carbocycles. The molecule has 11 heteroatoms. The van der Waals surface area contributed by atoms with Gasteiger partial charge in [0.2, 0.25) is 0 Å². The molecule has 0 fully saturated rings. The lowest BCUT2D eigenvalue weighted by atomic mass is 10.1. The Labute approximate surface area is 220 Å². The average molecular weight is 541 g/mol. The van der Waals surface area contributed by atoms with Crippen molar-refractivity contribution in [3.63, 3.8) is 0 Å². The van der Waals surface area contributed by atoms with Crippen LogP contribution in [-0.4, -0.2) is 57.0 Å². The van der Waals surface area contributed by atoms with Gasteiger partial charge in [-0.05, 0) is 50.6 Å². The Morgan fingerprint density at radius 3 is 2.28 bits per heavy atom. The van der Waals surface area contributed by atoms with Crippen LogP contribution in [0.4, 0.5) is 4.79 Å². The minimum absolute atomic E-state index is 0.00511. The maximum absolute atomic E-state index is 12.5. The number of alkyl carbamates (subject to hydrolysis) is 1. The highest BCUT2D eigenvalue weighted by molar-refractivity contribution is 6.39. The largest absolute Gasteiger partial charge is 0.491 e. The molecule has 0 aromatic heterocycles. The number of rotatable bonds is 11. The van der Waals surface area contributed by atoms with Crippen molar-refractivity contribution in [2.45, 2.75) is 32.9 Å². The molecule has 0 atom stereocenters. The zero-order valence-corrected chi connectivity index (χ0v) is 22.1. The first-order valence-electron chi connectivity index (χ1n) is 11.1. The van der Waals surface area contributed by atoms with Crippen molar-refractivity contribution in [2.24, 2.45) is 0 Å². The average Bonchev–Trinajstić information content (AvgIpc) is 2.80. The summed E-state index contributed by atoms with van der Waals surface area (Å²) in [5.74, 6) is -0.475. The number of esters is 1. The van der Waals surface area contributed by atoms with E-state index in [4.69, 9.17) is 37.4 Å². The Morgan fingerprint density at radius 2 is 1.64 bits per heavy atom. The van der Waals surface area contributed by atoms with Gasteiger partial charge in [0.15, 0.2) is 0 Å². The predicted molar refractivity (Wildman–Crippen MR) is 136 cm³/mol. The van der Waals surface area contributed by atoms with E-state index in [1.165, 1.54) is 19.2 Å². The molecular formula is C25H30Cl2N2O7. The Bertz CT molecular complexity index is 1050. The number of carbonyl (C=O) groups excluding carboxylic acids is 3. The van der Waals surface area contributed by atoms with Crippen molar-refractivity contribution >= 4 is 41.2 Å². The number of ether oxygens (including phenoxy) is 4. The number of hydrogen-bond acceptors (Lipinski definition) is 7. The number of nitrogens with one attached hydrogen (secondary N) is 2. The highest BCUT2D eigenvalue weighted by Crippen LogP contribution is 2.27. The highest BCUT2D eigenvalue weighted by Gasteiger charge is 2.19. The third kappa shape index (κ3) is 9.93. The van der Waals surface area contributed by atoms with Crippen LogP contribution in [0.2, 0.25) is 10.0 Å². The van der Waals surface area contributed by atoms with E-state index in [0.717, 1.165) is 5.56 Å². The number of halogens is 2. The molecule has 2 N–H and O–H groups in total. The first-order valence-corrected chi connectivity index (χ1v) is 11.9. The third-order valence-corrected chi connectivity index (χ3v) is 5.05. The van der Waals surface area contributed by atoms with Gasteiger partial charge in [0.05, 0.1) is 35.9 Å². The van der Waals surface area contributed by atoms with Crippen LogP contribution in [0.5, 0.6) is 5.75 Å². The second-order valence-corrected chi connectivity index (χ2v) is 9.34. The standard InChI is InChI=1S/C25H30Cl2N2O7/c1-25(2,3)36-24(32)28-8-9-34-10-11-35-18-7-5-6-16(12-18)15-29-22(30)17-13-19(26)21(20(27)14-17)23(31)33-4/h5-7,12-14H,8-11,15H2,1-4H3,(H,28,32)(H,29,30). The van der Waals surface area contributed by atoms with E-state index in [2.05, 4.69) is 15.4 Å². The molecule has 0 heterocycles. The van der Waals surface area contributed by atoms with Crippen molar-refractivity contribution in [3.8, 4) is 5.75 Å². The first kappa shape index (κ1) is 29.2. The molecule has 0 bridgehead atoms. The SMILES string of the molecule is COC(=O)c1c(Cl)cc(C(=O)NCc2cccc(OCCOCCNC(=O)OC(C)(C)C)c2)cc1Cl. The summed E-state index contributed by atoms with van der Waals surface area (Å²) in [6.45, 7) is 6.91. The zero-order valence-electron chi connectivity index (χ0n) is 20.6. The predicted octanol–water partition coefficient (Wildman–Crippen LogP) is 4.63. The van der Waals surface area contributed by atoms with E-state index in [0.29, 0.717) is 32.1 Å². The van der Waals surface area contributed by atoms with Gasteiger partial charge in [0, 0.05) is 18.7 Å². The second kappa shape index (κ2) is 13.9. The molecule has 0 saturated heterocycles. The van der Waals surface area contributed by atoms with Crippen molar-refractivity contribution in [2.75, 3.05) is 33.5 Å². The molecule has 9 nitrogen and oxygen atoms in total. The minimum atomic E-state index is -0.684. The smallest absolute Gasteiger partial charge is 0.407 e. The number of carbonyl (C=O) groups is 3. The van der Waals surface area contributed by atoms with Gasteiger partial charge in [-0.3, -0.25) is 4.79 Å². The van der Waals surface area contributed by atoms with Crippen molar-refractivity contribution in [1.82, 2.24) is 10.6 Å². The lowest BCUT2D eigenvalue weighted by Crippen LogP contribution is -2.34. The van der Waals surface area contributed by atoms with Gasteiger partial charge < -0.3 is 29.6 Å². The Hall–Kier alpha value is -3.01. The Balaban J connectivity index is 1.75. The van der Waals surface area contributed by atoms with E-state index in [9.17, 15) is 14.4 Å². The van der Waals surface area contributed by atoms with Crippen LogP contribution in [0.15, 0.2) is 36.4 Å². The summed E-state index contributed by atoms with van der Waals surface area (Å²) < 4.78 is 20.9. The van der Waals surface area contributed by atoms with Crippen LogP contribution < -0.4 is 15.4 Å². The maximum Gasteiger partial charge on any atom is 0.407 e. The van der Waals surface area contributed by atoms with Crippen LogP contribution in [0.1, 0.15) is 47.1 Å². The van der Waals surface area contributed by atoms with Crippen molar-refractivity contribution < 1.29 is 33.3 Å². The summed E-state index contributed by atoms with van der Waals surface area (Å²) >= 11 is 12.2. The lowest BCUT2D eigenvalue weighted by molar-refractivity contribution is 0.0488. The molecule has 0 aliphatic carbocycles.